The second-order valence-corrected chi connectivity index (χ2v) is 4.92. The lowest BCUT2D eigenvalue weighted by atomic mass is 10.1. The molecule has 70 valence electrons. The standard InChI is InChI=1S/C11H15NS/c1-8-6-7-10(13-8)11(12)9-4-2-3-5-9/h4,6-7,11H,2-3,5,12H2,1H3. The Hall–Kier alpha value is -0.600. The fourth-order valence-corrected chi connectivity index (χ4v) is 2.70. The van der Waals surface area contributed by atoms with E-state index in [1.54, 1.807) is 0 Å². The van der Waals surface area contributed by atoms with Gasteiger partial charge in [-0.15, -0.1) is 11.3 Å². The Balaban J connectivity index is 2.16. The molecule has 1 aliphatic rings. The molecule has 13 heavy (non-hydrogen) atoms. The number of rotatable bonds is 2. The number of aryl methyl sites for hydroxylation is 1. The summed E-state index contributed by atoms with van der Waals surface area (Å²) in [6.45, 7) is 2.13. The Bertz CT molecular complexity index is 325. The predicted molar refractivity (Wildman–Crippen MR) is 57.9 cm³/mol. The van der Waals surface area contributed by atoms with Crippen molar-refractivity contribution < 1.29 is 0 Å². The van der Waals surface area contributed by atoms with Crippen LogP contribution >= 0.6 is 11.3 Å². The maximum absolute atomic E-state index is 6.16. The third kappa shape index (κ3) is 1.84. The van der Waals surface area contributed by atoms with Crippen molar-refractivity contribution in [2.75, 3.05) is 0 Å². The van der Waals surface area contributed by atoms with Crippen LogP contribution in [0.5, 0.6) is 0 Å². The van der Waals surface area contributed by atoms with Crippen LogP contribution in [0, 0.1) is 6.92 Å². The van der Waals surface area contributed by atoms with Gasteiger partial charge in [-0.1, -0.05) is 11.6 Å². The molecule has 2 N–H and O–H groups in total. The molecular formula is C11H15NS. The lowest BCUT2D eigenvalue weighted by molar-refractivity contribution is 0.796. The van der Waals surface area contributed by atoms with E-state index >= 15 is 0 Å². The summed E-state index contributed by atoms with van der Waals surface area (Å²) in [7, 11) is 0. The van der Waals surface area contributed by atoms with Crippen molar-refractivity contribution in [3.8, 4) is 0 Å². The monoisotopic (exact) mass is 193 g/mol. The highest BCUT2D eigenvalue weighted by Gasteiger charge is 2.15. The molecule has 0 aliphatic heterocycles. The molecule has 1 atom stereocenters. The van der Waals surface area contributed by atoms with E-state index in [2.05, 4.69) is 25.1 Å². The molecule has 1 unspecified atom stereocenters. The first-order valence-electron chi connectivity index (χ1n) is 4.78. The molecule has 1 nitrogen and oxygen atoms in total. The highest BCUT2D eigenvalue weighted by molar-refractivity contribution is 7.12. The van der Waals surface area contributed by atoms with Crippen molar-refractivity contribution >= 4 is 11.3 Å². The molecule has 1 aromatic heterocycles. The van der Waals surface area contributed by atoms with Crippen molar-refractivity contribution in [3.63, 3.8) is 0 Å². The van der Waals surface area contributed by atoms with Crippen LogP contribution in [-0.2, 0) is 0 Å². The molecule has 0 fully saturated rings. The number of thiophene rings is 1. The van der Waals surface area contributed by atoms with Crippen molar-refractivity contribution in [1.29, 1.82) is 0 Å². The smallest absolute Gasteiger partial charge is 0.0605 e. The van der Waals surface area contributed by atoms with Gasteiger partial charge in [-0.25, -0.2) is 0 Å². The average Bonchev–Trinajstić information content (AvgIpc) is 2.72. The largest absolute Gasteiger partial charge is 0.320 e. The summed E-state index contributed by atoms with van der Waals surface area (Å²) in [5.41, 5.74) is 7.59. The van der Waals surface area contributed by atoms with Crippen LogP contribution in [0.3, 0.4) is 0 Å². The van der Waals surface area contributed by atoms with E-state index in [4.69, 9.17) is 5.73 Å². The summed E-state index contributed by atoms with van der Waals surface area (Å²) >= 11 is 1.82. The summed E-state index contributed by atoms with van der Waals surface area (Å²) in [4.78, 5) is 2.66. The highest BCUT2D eigenvalue weighted by Crippen LogP contribution is 2.32. The van der Waals surface area contributed by atoms with E-state index in [1.165, 1.54) is 34.6 Å². The van der Waals surface area contributed by atoms with E-state index in [0.717, 1.165) is 0 Å². The Morgan fingerprint density at radius 3 is 2.85 bits per heavy atom. The van der Waals surface area contributed by atoms with E-state index in [1.807, 2.05) is 11.3 Å². The van der Waals surface area contributed by atoms with E-state index in [0.29, 0.717) is 0 Å². The SMILES string of the molecule is Cc1ccc(C(N)C2=CCCC2)s1. The second kappa shape index (κ2) is 3.64. The Morgan fingerprint density at radius 2 is 2.31 bits per heavy atom. The maximum Gasteiger partial charge on any atom is 0.0605 e. The van der Waals surface area contributed by atoms with Crippen LogP contribution in [0.4, 0.5) is 0 Å². The van der Waals surface area contributed by atoms with E-state index in [9.17, 15) is 0 Å². The molecule has 0 bridgehead atoms. The van der Waals surface area contributed by atoms with E-state index in [-0.39, 0.29) is 6.04 Å². The zero-order valence-electron chi connectivity index (χ0n) is 7.92. The van der Waals surface area contributed by atoms with Gasteiger partial charge in [0.25, 0.3) is 0 Å². The number of hydrogen-bond acceptors (Lipinski definition) is 2. The van der Waals surface area contributed by atoms with Crippen molar-refractivity contribution in [1.82, 2.24) is 0 Å². The fraction of sp³-hybridized carbons (Fsp3) is 0.455. The van der Waals surface area contributed by atoms with Crippen molar-refractivity contribution in [2.24, 2.45) is 5.73 Å². The first-order chi connectivity index (χ1) is 6.27. The summed E-state index contributed by atoms with van der Waals surface area (Å²) in [5.74, 6) is 0. The molecule has 1 aromatic rings. The van der Waals surface area contributed by atoms with Gasteiger partial charge < -0.3 is 5.73 Å². The number of nitrogens with two attached hydrogens (primary N) is 1. The summed E-state index contributed by atoms with van der Waals surface area (Å²) in [6, 6.07) is 4.47. The normalized spacial score (nSPS) is 18.8. The van der Waals surface area contributed by atoms with Gasteiger partial charge in [-0.2, -0.15) is 0 Å². The lowest BCUT2D eigenvalue weighted by Gasteiger charge is -2.10. The molecule has 2 heteroatoms. The summed E-state index contributed by atoms with van der Waals surface area (Å²) in [6.07, 6.45) is 6.00. The minimum Gasteiger partial charge on any atom is -0.320 e. The molecular weight excluding hydrogens is 178 g/mol. The minimum absolute atomic E-state index is 0.168. The van der Waals surface area contributed by atoms with Crippen LogP contribution < -0.4 is 5.73 Å². The molecule has 0 aromatic carbocycles. The molecule has 0 spiro atoms. The fourth-order valence-electron chi connectivity index (χ4n) is 1.78. The molecule has 0 radical (unpaired) electrons. The number of hydrogen-bond donors (Lipinski definition) is 1. The lowest BCUT2D eigenvalue weighted by Crippen LogP contribution is -2.10. The van der Waals surface area contributed by atoms with Crippen LogP contribution in [0.15, 0.2) is 23.8 Å². The Labute approximate surface area is 83.3 Å². The predicted octanol–water partition coefficient (Wildman–Crippen LogP) is 3.17. The Morgan fingerprint density at radius 1 is 1.46 bits per heavy atom. The van der Waals surface area contributed by atoms with Gasteiger partial charge in [-0.05, 0) is 38.3 Å². The third-order valence-corrected chi connectivity index (χ3v) is 3.63. The number of allylic oxidation sites excluding steroid dienone is 1. The molecule has 1 heterocycles. The zero-order chi connectivity index (χ0) is 9.26. The van der Waals surface area contributed by atoms with Crippen molar-refractivity contribution in [3.05, 3.63) is 33.5 Å². The van der Waals surface area contributed by atoms with Crippen LogP contribution in [-0.4, -0.2) is 0 Å². The first-order valence-corrected chi connectivity index (χ1v) is 5.60. The van der Waals surface area contributed by atoms with Crippen molar-refractivity contribution in [2.45, 2.75) is 32.2 Å². The molecule has 0 saturated carbocycles. The summed E-state index contributed by atoms with van der Waals surface area (Å²) < 4.78 is 0. The summed E-state index contributed by atoms with van der Waals surface area (Å²) in [5, 5.41) is 0. The molecule has 0 amide bonds. The van der Waals surface area contributed by atoms with Gasteiger partial charge in [0.1, 0.15) is 0 Å². The Kier molecular flexibility index (Phi) is 2.51. The van der Waals surface area contributed by atoms with E-state index < -0.39 is 0 Å². The van der Waals surface area contributed by atoms with Gasteiger partial charge in [0.15, 0.2) is 0 Å². The molecule has 2 rings (SSSR count). The van der Waals surface area contributed by atoms with Gasteiger partial charge in [0.2, 0.25) is 0 Å². The van der Waals surface area contributed by atoms with Gasteiger partial charge in [-0.3, -0.25) is 0 Å². The third-order valence-electron chi connectivity index (χ3n) is 2.54. The highest BCUT2D eigenvalue weighted by atomic mass is 32.1. The van der Waals surface area contributed by atoms with Gasteiger partial charge >= 0.3 is 0 Å². The molecule has 1 aliphatic carbocycles. The topological polar surface area (TPSA) is 26.0 Å². The van der Waals surface area contributed by atoms with Crippen LogP contribution in [0.2, 0.25) is 0 Å². The van der Waals surface area contributed by atoms with Gasteiger partial charge in [0.05, 0.1) is 6.04 Å². The quantitative estimate of drug-likeness (QED) is 0.717. The molecule has 0 saturated heterocycles. The second-order valence-electron chi connectivity index (χ2n) is 3.60. The minimum atomic E-state index is 0.168. The van der Waals surface area contributed by atoms with Crippen LogP contribution in [0.1, 0.15) is 35.1 Å². The van der Waals surface area contributed by atoms with Gasteiger partial charge in [0, 0.05) is 9.75 Å². The zero-order valence-corrected chi connectivity index (χ0v) is 8.73. The average molecular weight is 193 g/mol. The van der Waals surface area contributed by atoms with Crippen LogP contribution in [0.25, 0.3) is 0 Å². The maximum atomic E-state index is 6.16. The first kappa shape index (κ1) is 8.97.